The van der Waals surface area contributed by atoms with Crippen molar-refractivity contribution in [2.24, 2.45) is 10.8 Å². The molecule has 2 bridgehead atoms. The third-order valence-corrected chi connectivity index (χ3v) is 7.07. The van der Waals surface area contributed by atoms with Crippen LogP contribution in [-0.4, -0.2) is 22.0 Å². The maximum absolute atomic E-state index is 13.9. The second kappa shape index (κ2) is 6.06. The molecule has 1 aromatic heterocycles. The van der Waals surface area contributed by atoms with E-state index in [2.05, 4.69) is 10.3 Å². The van der Waals surface area contributed by atoms with Gasteiger partial charge in [0.2, 0.25) is 5.91 Å². The quantitative estimate of drug-likeness (QED) is 0.823. The van der Waals surface area contributed by atoms with E-state index >= 15 is 0 Å². The van der Waals surface area contributed by atoms with Crippen molar-refractivity contribution in [3.63, 3.8) is 0 Å². The van der Waals surface area contributed by atoms with Gasteiger partial charge in [-0.2, -0.15) is 0 Å². The van der Waals surface area contributed by atoms with Crippen LogP contribution in [0.2, 0.25) is 0 Å². The zero-order chi connectivity index (χ0) is 19.4. The van der Waals surface area contributed by atoms with E-state index in [4.69, 9.17) is 0 Å². The number of pyridine rings is 1. The molecule has 2 aromatic rings. The lowest BCUT2D eigenvalue weighted by Crippen LogP contribution is -2.53. The van der Waals surface area contributed by atoms with Gasteiger partial charge in [-0.1, -0.05) is 18.2 Å². The average Bonchev–Trinajstić information content (AvgIpc) is 2.91. The van der Waals surface area contributed by atoms with Crippen molar-refractivity contribution < 1.29 is 14.7 Å². The zero-order valence-corrected chi connectivity index (χ0v) is 15.6. The minimum atomic E-state index is -0.697. The number of hydrogen-bond acceptors (Lipinski definition) is 4. The van der Waals surface area contributed by atoms with Gasteiger partial charge in [0.1, 0.15) is 5.82 Å². The molecule has 3 saturated carbocycles. The molecule has 6 nitrogen and oxygen atoms in total. The fourth-order valence-electron chi connectivity index (χ4n) is 5.17. The Balaban J connectivity index is 1.52. The summed E-state index contributed by atoms with van der Waals surface area (Å²) in [6, 6.07) is 11.7. The van der Waals surface area contributed by atoms with E-state index in [0.29, 0.717) is 45.1 Å². The minimum Gasteiger partial charge on any atom is -0.481 e. The first-order chi connectivity index (χ1) is 13.5. The van der Waals surface area contributed by atoms with Crippen LogP contribution in [0.1, 0.15) is 44.1 Å². The summed E-state index contributed by atoms with van der Waals surface area (Å²) < 4.78 is 0. The van der Waals surface area contributed by atoms with Gasteiger partial charge in [-0.3, -0.25) is 9.59 Å². The summed E-state index contributed by atoms with van der Waals surface area (Å²) in [7, 11) is 0. The molecular formula is C22H23N3O3. The Morgan fingerprint density at radius 2 is 1.64 bits per heavy atom. The SMILES string of the molecule is O=C(O)C12CCC(C(=O)N3Cc4cccnc4Nc4ccccc43)(CC1)CC2. The Morgan fingerprint density at radius 3 is 2.36 bits per heavy atom. The highest BCUT2D eigenvalue weighted by molar-refractivity contribution is 6.02. The molecule has 3 aliphatic carbocycles. The average molecular weight is 377 g/mol. The van der Waals surface area contributed by atoms with E-state index in [9.17, 15) is 14.7 Å². The third-order valence-electron chi connectivity index (χ3n) is 7.07. The number of carbonyl (C=O) groups excluding carboxylic acids is 1. The van der Waals surface area contributed by atoms with Crippen LogP contribution in [0.15, 0.2) is 42.6 Å². The normalized spacial score (nSPS) is 27.9. The van der Waals surface area contributed by atoms with Crippen molar-refractivity contribution >= 4 is 29.1 Å². The number of benzene rings is 1. The molecule has 4 aliphatic rings. The number of hydrogen-bond donors (Lipinski definition) is 2. The van der Waals surface area contributed by atoms with Crippen molar-refractivity contribution in [2.75, 3.05) is 10.2 Å². The number of aromatic nitrogens is 1. The molecule has 0 radical (unpaired) electrons. The van der Waals surface area contributed by atoms with Crippen molar-refractivity contribution in [1.29, 1.82) is 0 Å². The Hall–Kier alpha value is -2.89. The van der Waals surface area contributed by atoms with E-state index < -0.39 is 16.8 Å². The predicted octanol–water partition coefficient (Wildman–Crippen LogP) is 4.10. The first-order valence-corrected chi connectivity index (χ1v) is 9.88. The second-order valence-corrected chi connectivity index (χ2v) is 8.41. The lowest BCUT2D eigenvalue weighted by atomic mass is 9.53. The Kier molecular flexibility index (Phi) is 3.73. The van der Waals surface area contributed by atoms with Crippen LogP contribution >= 0.6 is 0 Å². The number of nitrogens with one attached hydrogen (secondary N) is 1. The number of amides is 1. The summed E-state index contributed by atoms with van der Waals surface area (Å²) in [6.07, 6.45) is 5.51. The summed E-state index contributed by atoms with van der Waals surface area (Å²) in [5.74, 6) is 0.203. The van der Waals surface area contributed by atoms with Crippen molar-refractivity contribution in [3.8, 4) is 0 Å². The van der Waals surface area contributed by atoms with Gasteiger partial charge in [-0.25, -0.2) is 4.98 Å². The van der Waals surface area contributed by atoms with E-state index in [0.717, 1.165) is 22.8 Å². The number of carboxylic acids is 1. The molecule has 0 saturated heterocycles. The van der Waals surface area contributed by atoms with Gasteiger partial charge in [0, 0.05) is 17.2 Å². The fourth-order valence-corrected chi connectivity index (χ4v) is 5.17. The molecule has 144 valence electrons. The monoisotopic (exact) mass is 377 g/mol. The van der Waals surface area contributed by atoms with Crippen molar-refractivity contribution in [2.45, 2.75) is 45.1 Å². The molecule has 0 spiro atoms. The van der Waals surface area contributed by atoms with Gasteiger partial charge >= 0.3 is 5.97 Å². The highest BCUT2D eigenvalue weighted by atomic mass is 16.4. The number of fused-ring (bicyclic) bond motifs is 5. The Morgan fingerprint density at radius 1 is 0.964 bits per heavy atom. The summed E-state index contributed by atoms with van der Waals surface area (Å²) in [6.45, 7) is 0.470. The highest BCUT2D eigenvalue weighted by Gasteiger charge is 2.56. The van der Waals surface area contributed by atoms with Crippen molar-refractivity contribution in [3.05, 3.63) is 48.2 Å². The van der Waals surface area contributed by atoms with Crippen LogP contribution in [0.4, 0.5) is 17.2 Å². The number of rotatable bonds is 2. The van der Waals surface area contributed by atoms with Gasteiger partial charge in [-0.05, 0) is 56.7 Å². The molecule has 2 heterocycles. The standard InChI is InChI=1S/C22H23N3O3/c26-19(21-7-10-22(11-8-21,12-9-21)20(27)28)25-14-15-4-3-13-23-18(15)24-16-5-1-2-6-17(16)25/h1-6,13H,7-12,14H2,(H,23,24)(H,27,28). The van der Waals surface area contributed by atoms with Gasteiger partial charge in [-0.15, -0.1) is 0 Å². The number of anilines is 3. The van der Waals surface area contributed by atoms with Gasteiger partial charge in [0.25, 0.3) is 0 Å². The molecule has 2 N–H and O–H groups in total. The topological polar surface area (TPSA) is 82.5 Å². The van der Waals surface area contributed by atoms with E-state index in [-0.39, 0.29) is 5.91 Å². The molecule has 3 fully saturated rings. The minimum absolute atomic E-state index is 0.122. The van der Waals surface area contributed by atoms with E-state index in [1.165, 1.54) is 0 Å². The highest BCUT2D eigenvalue weighted by Crippen LogP contribution is 2.58. The lowest BCUT2D eigenvalue weighted by Gasteiger charge is -2.51. The van der Waals surface area contributed by atoms with Gasteiger partial charge in [0.05, 0.1) is 23.3 Å². The predicted molar refractivity (Wildman–Crippen MR) is 105 cm³/mol. The Bertz CT molecular complexity index is 946. The molecule has 6 heteroatoms. The second-order valence-electron chi connectivity index (χ2n) is 8.41. The fraction of sp³-hybridized carbons (Fsp3) is 0.409. The first-order valence-electron chi connectivity index (χ1n) is 9.88. The van der Waals surface area contributed by atoms with Crippen LogP contribution in [0.3, 0.4) is 0 Å². The zero-order valence-electron chi connectivity index (χ0n) is 15.6. The first kappa shape index (κ1) is 17.2. The number of para-hydroxylation sites is 2. The molecule has 6 rings (SSSR count). The molecule has 1 aromatic carbocycles. The largest absolute Gasteiger partial charge is 0.481 e. The molecule has 0 unspecified atom stereocenters. The number of carbonyl (C=O) groups is 2. The molecule has 1 aliphatic heterocycles. The van der Waals surface area contributed by atoms with Crippen LogP contribution in [0.5, 0.6) is 0 Å². The molecule has 28 heavy (non-hydrogen) atoms. The smallest absolute Gasteiger partial charge is 0.309 e. The van der Waals surface area contributed by atoms with E-state index in [1.807, 2.05) is 41.3 Å². The summed E-state index contributed by atoms with van der Waals surface area (Å²) in [5, 5.41) is 13.0. The number of nitrogens with zero attached hydrogens (tertiary/aromatic N) is 2. The Labute approximate surface area is 163 Å². The third kappa shape index (κ3) is 2.44. The summed E-state index contributed by atoms with van der Waals surface area (Å²) in [5.41, 5.74) is 1.65. The number of aliphatic carboxylic acids is 1. The van der Waals surface area contributed by atoms with Crippen LogP contribution in [0.25, 0.3) is 0 Å². The molecular weight excluding hydrogens is 354 g/mol. The number of carboxylic acid groups (broad SMARTS) is 1. The summed E-state index contributed by atoms with van der Waals surface area (Å²) >= 11 is 0. The molecule has 1 amide bonds. The van der Waals surface area contributed by atoms with Gasteiger partial charge in [0.15, 0.2) is 0 Å². The summed E-state index contributed by atoms with van der Waals surface area (Å²) in [4.78, 5) is 31.9. The van der Waals surface area contributed by atoms with Crippen LogP contribution in [-0.2, 0) is 16.1 Å². The molecule has 0 atom stereocenters. The van der Waals surface area contributed by atoms with E-state index in [1.54, 1.807) is 6.20 Å². The maximum atomic E-state index is 13.9. The van der Waals surface area contributed by atoms with Crippen LogP contribution < -0.4 is 10.2 Å². The van der Waals surface area contributed by atoms with Gasteiger partial charge < -0.3 is 15.3 Å². The maximum Gasteiger partial charge on any atom is 0.309 e. The lowest BCUT2D eigenvalue weighted by molar-refractivity contribution is -0.162. The van der Waals surface area contributed by atoms with Crippen LogP contribution in [0, 0.1) is 10.8 Å². The van der Waals surface area contributed by atoms with Crippen molar-refractivity contribution in [1.82, 2.24) is 4.98 Å².